The summed E-state index contributed by atoms with van der Waals surface area (Å²) in [6.45, 7) is 8.04. The van der Waals surface area contributed by atoms with Gasteiger partial charge >= 0.3 is 0 Å². The number of fused-ring (bicyclic) bond motifs is 1. The van der Waals surface area contributed by atoms with Crippen molar-refractivity contribution in [3.63, 3.8) is 0 Å². The maximum absolute atomic E-state index is 3.63. The van der Waals surface area contributed by atoms with E-state index < -0.39 is 0 Å². The van der Waals surface area contributed by atoms with Crippen LogP contribution in [0.5, 0.6) is 0 Å². The highest BCUT2D eigenvalue weighted by Crippen LogP contribution is 2.48. The van der Waals surface area contributed by atoms with E-state index in [0.29, 0.717) is 5.16 Å². The van der Waals surface area contributed by atoms with E-state index in [9.17, 15) is 0 Å². The number of benzene rings is 1. The van der Waals surface area contributed by atoms with Gasteiger partial charge in [-0.05, 0) is 49.2 Å². The minimum Gasteiger partial charge on any atom is -0.384 e. The Morgan fingerprint density at radius 3 is 3.00 bits per heavy atom. The highest BCUT2D eigenvalue weighted by molar-refractivity contribution is 7.38. The third-order valence-electron chi connectivity index (χ3n) is 4.33. The van der Waals surface area contributed by atoms with Gasteiger partial charge in [-0.15, -0.1) is 8.58 Å². The van der Waals surface area contributed by atoms with Crippen molar-refractivity contribution in [2.45, 2.75) is 31.5 Å². The molecule has 1 heterocycles. The second kappa shape index (κ2) is 4.83. The third-order valence-corrected chi connectivity index (χ3v) is 5.86. The summed E-state index contributed by atoms with van der Waals surface area (Å²) in [6, 6.07) is 6.71. The van der Waals surface area contributed by atoms with E-state index in [4.69, 9.17) is 0 Å². The van der Waals surface area contributed by atoms with Gasteiger partial charge in [0.1, 0.15) is 0 Å². The molecule has 1 saturated carbocycles. The van der Waals surface area contributed by atoms with Crippen LogP contribution in [-0.2, 0) is 11.7 Å². The quantitative estimate of drug-likeness (QED) is 0.797. The first-order valence-corrected chi connectivity index (χ1v) is 8.49. The summed E-state index contributed by atoms with van der Waals surface area (Å²) in [5, 5.41) is 7.54. The van der Waals surface area contributed by atoms with Crippen molar-refractivity contribution < 1.29 is 0 Å². The SMILES string of the molecule is CPC1(C)CNc2cccc(CNCC3CC3)c21. The highest BCUT2D eigenvalue weighted by atomic mass is 31.1. The normalized spacial score (nSPS) is 26.6. The molecule has 1 aromatic carbocycles. The molecule has 98 valence electrons. The molecule has 3 heteroatoms. The fourth-order valence-electron chi connectivity index (χ4n) is 2.85. The second-order valence-electron chi connectivity index (χ2n) is 5.85. The molecule has 1 aromatic rings. The number of hydrogen-bond acceptors (Lipinski definition) is 2. The fourth-order valence-corrected chi connectivity index (χ4v) is 3.66. The second-order valence-corrected chi connectivity index (χ2v) is 7.45. The van der Waals surface area contributed by atoms with Gasteiger partial charge in [0.05, 0.1) is 0 Å². The summed E-state index contributed by atoms with van der Waals surface area (Å²) in [5.41, 5.74) is 4.42. The van der Waals surface area contributed by atoms with Crippen molar-refractivity contribution in [1.29, 1.82) is 0 Å². The minimum absolute atomic E-state index is 0.340. The molecule has 0 spiro atoms. The van der Waals surface area contributed by atoms with E-state index in [2.05, 4.69) is 42.4 Å². The molecule has 18 heavy (non-hydrogen) atoms. The molecule has 3 rings (SSSR count). The van der Waals surface area contributed by atoms with Crippen LogP contribution in [0.3, 0.4) is 0 Å². The summed E-state index contributed by atoms with van der Waals surface area (Å²) >= 11 is 0. The van der Waals surface area contributed by atoms with Crippen LogP contribution in [0.1, 0.15) is 30.9 Å². The van der Waals surface area contributed by atoms with Crippen LogP contribution in [0.4, 0.5) is 5.69 Å². The molecule has 0 radical (unpaired) electrons. The van der Waals surface area contributed by atoms with Gasteiger partial charge in [-0.3, -0.25) is 0 Å². The van der Waals surface area contributed by atoms with Gasteiger partial charge in [-0.1, -0.05) is 19.1 Å². The number of nitrogens with one attached hydrogen (secondary N) is 2. The molecule has 0 aromatic heterocycles. The largest absolute Gasteiger partial charge is 0.384 e. The molecule has 2 N–H and O–H groups in total. The predicted molar refractivity (Wildman–Crippen MR) is 81.0 cm³/mol. The Morgan fingerprint density at radius 2 is 2.28 bits per heavy atom. The summed E-state index contributed by atoms with van der Waals surface area (Å²) < 4.78 is 0. The van der Waals surface area contributed by atoms with Crippen LogP contribution in [-0.4, -0.2) is 19.8 Å². The van der Waals surface area contributed by atoms with E-state index in [-0.39, 0.29) is 0 Å². The zero-order valence-corrected chi connectivity index (χ0v) is 12.3. The Hall–Kier alpha value is -0.590. The maximum Gasteiger partial charge on any atom is 0.0386 e. The summed E-state index contributed by atoms with van der Waals surface area (Å²) in [5.74, 6) is 0.958. The topological polar surface area (TPSA) is 24.1 Å². The minimum atomic E-state index is 0.340. The number of rotatable bonds is 5. The Morgan fingerprint density at radius 1 is 1.44 bits per heavy atom. The molecule has 2 atom stereocenters. The third kappa shape index (κ3) is 2.29. The van der Waals surface area contributed by atoms with Gasteiger partial charge in [-0.25, -0.2) is 0 Å². The lowest BCUT2D eigenvalue weighted by atomic mass is 9.96. The van der Waals surface area contributed by atoms with Crippen LogP contribution >= 0.6 is 8.58 Å². The van der Waals surface area contributed by atoms with Crippen LogP contribution < -0.4 is 10.6 Å². The van der Waals surface area contributed by atoms with Crippen LogP contribution in [0.25, 0.3) is 0 Å². The van der Waals surface area contributed by atoms with E-state index in [1.165, 1.54) is 30.6 Å². The van der Waals surface area contributed by atoms with E-state index in [0.717, 1.165) is 27.6 Å². The van der Waals surface area contributed by atoms with Gasteiger partial charge in [0.15, 0.2) is 0 Å². The molecular weight excluding hydrogens is 239 g/mol. The molecule has 1 aliphatic heterocycles. The van der Waals surface area contributed by atoms with Crippen LogP contribution in [0.15, 0.2) is 18.2 Å². The lowest BCUT2D eigenvalue weighted by molar-refractivity contribution is 0.630. The Bertz CT molecular complexity index is 442. The van der Waals surface area contributed by atoms with Gasteiger partial charge in [0.25, 0.3) is 0 Å². The molecule has 0 amide bonds. The zero-order chi connectivity index (χ0) is 12.6. The first-order chi connectivity index (χ1) is 8.73. The van der Waals surface area contributed by atoms with Crippen molar-refractivity contribution in [2.75, 3.05) is 25.1 Å². The van der Waals surface area contributed by atoms with E-state index in [1.54, 1.807) is 5.56 Å². The Labute approximate surface area is 112 Å². The molecule has 1 aliphatic carbocycles. The summed E-state index contributed by atoms with van der Waals surface area (Å²) in [4.78, 5) is 0. The summed E-state index contributed by atoms with van der Waals surface area (Å²) in [6.07, 6.45) is 2.85. The Kier molecular flexibility index (Phi) is 3.34. The van der Waals surface area contributed by atoms with Crippen molar-refractivity contribution in [3.8, 4) is 0 Å². The lowest BCUT2D eigenvalue weighted by Gasteiger charge is -2.24. The summed E-state index contributed by atoms with van der Waals surface area (Å²) in [7, 11) is 0.950. The van der Waals surface area contributed by atoms with Crippen LogP contribution in [0.2, 0.25) is 0 Å². The molecular formula is C15H23N2P. The molecule has 0 saturated heterocycles. The average molecular weight is 262 g/mol. The molecule has 2 unspecified atom stereocenters. The van der Waals surface area contributed by atoms with Gasteiger partial charge in [0, 0.05) is 23.9 Å². The van der Waals surface area contributed by atoms with Gasteiger partial charge in [0.2, 0.25) is 0 Å². The smallest absolute Gasteiger partial charge is 0.0386 e. The fraction of sp³-hybridized carbons (Fsp3) is 0.600. The lowest BCUT2D eigenvalue weighted by Crippen LogP contribution is -2.22. The molecule has 0 bridgehead atoms. The van der Waals surface area contributed by atoms with E-state index in [1.807, 2.05) is 0 Å². The maximum atomic E-state index is 3.63. The Balaban J connectivity index is 1.79. The molecule has 2 aliphatic rings. The first kappa shape index (κ1) is 12.4. The van der Waals surface area contributed by atoms with E-state index >= 15 is 0 Å². The first-order valence-electron chi connectivity index (χ1n) is 6.99. The number of hydrogen-bond donors (Lipinski definition) is 2. The number of anilines is 1. The van der Waals surface area contributed by atoms with Crippen LogP contribution in [0, 0.1) is 5.92 Å². The molecule has 1 fully saturated rings. The van der Waals surface area contributed by atoms with Gasteiger partial charge in [-0.2, -0.15) is 0 Å². The average Bonchev–Trinajstić information content (AvgIpc) is 3.14. The zero-order valence-electron chi connectivity index (χ0n) is 11.3. The highest BCUT2D eigenvalue weighted by Gasteiger charge is 2.34. The van der Waals surface area contributed by atoms with Gasteiger partial charge < -0.3 is 10.6 Å². The van der Waals surface area contributed by atoms with Crippen molar-refractivity contribution in [2.24, 2.45) is 5.92 Å². The van der Waals surface area contributed by atoms with Crippen molar-refractivity contribution in [3.05, 3.63) is 29.3 Å². The standard InChI is InChI=1S/C15H23N2P/c1-15(18-2)10-17-13-5-3-4-12(14(13)15)9-16-8-11-6-7-11/h3-5,11,16-18H,6-10H2,1-2H3. The monoisotopic (exact) mass is 262 g/mol. The van der Waals surface area contributed by atoms with Crippen molar-refractivity contribution >= 4 is 14.3 Å². The van der Waals surface area contributed by atoms with Crippen molar-refractivity contribution in [1.82, 2.24) is 5.32 Å². The predicted octanol–water partition coefficient (Wildman–Crippen LogP) is 3.14. The molecule has 2 nitrogen and oxygen atoms in total.